The summed E-state index contributed by atoms with van der Waals surface area (Å²) in [6.45, 7) is 8.95. The summed E-state index contributed by atoms with van der Waals surface area (Å²) in [5.74, 6) is -0.732. The Morgan fingerprint density at radius 3 is 2.38 bits per heavy atom. The number of alkyl carbamates (subject to hydrolysis) is 1. The first-order valence-electron chi connectivity index (χ1n) is 14.9. The van der Waals surface area contributed by atoms with Gasteiger partial charge in [0, 0.05) is 37.5 Å². The van der Waals surface area contributed by atoms with Crippen LogP contribution in [0.2, 0.25) is 0 Å². The number of hydrogen-bond donors (Lipinski definition) is 2. The molecule has 0 aliphatic carbocycles. The van der Waals surface area contributed by atoms with Crippen LogP contribution < -0.4 is 10.6 Å². The zero-order valence-corrected chi connectivity index (χ0v) is 26.8. The number of carbonyl (C=O) groups excluding carboxylic acids is 4. The summed E-state index contributed by atoms with van der Waals surface area (Å²) in [4.78, 5) is 61.0. The van der Waals surface area contributed by atoms with Gasteiger partial charge >= 0.3 is 6.09 Å². The molecule has 242 valence electrons. The summed E-state index contributed by atoms with van der Waals surface area (Å²) in [7, 11) is 1.50. The lowest BCUT2D eigenvalue weighted by Gasteiger charge is -2.48. The van der Waals surface area contributed by atoms with Crippen molar-refractivity contribution in [1.29, 1.82) is 0 Å². The van der Waals surface area contributed by atoms with Crippen LogP contribution in [-0.2, 0) is 41.6 Å². The third kappa shape index (κ3) is 8.18. The molecule has 1 fully saturated rings. The van der Waals surface area contributed by atoms with Gasteiger partial charge in [0.15, 0.2) is 0 Å². The van der Waals surface area contributed by atoms with E-state index in [0.717, 1.165) is 11.3 Å². The fraction of sp³-hybridized carbons (Fsp3) is 0.485. The van der Waals surface area contributed by atoms with Crippen LogP contribution in [0.1, 0.15) is 45.9 Å². The highest BCUT2D eigenvalue weighted by Crippen LogP contribution is 2.38. The number of methoxy groups -OCH3 is 1. The SMILES string of the molecule is COC1=CC(=O)N2CCN(C(=O)[C@@H](COCc3ccccc3)NC(=O)C(C)(C)NC(=O)OC(C)(C)C)CC12Cc1ccccn1. The number of nitrogens with one attached hydrogen (secondary N) is 2. The Bertz CT molecular complexity index is 1410. The van der Waals surface area contributed by atoms with Crippen molar-refractivity contribution in [1.82, 2.24) is 25.4 Å². The first kappa shape index (κ1) is 33.4. The van der Waals surface area contributed by atoms with Gasteiger partial charge in [-0.2, -0.15) is 0 Å². The number of pyridine rings is 1. The maximum absolute atomic E-state index is 14.2. The van der Waals surface area contributed by atoms with E-state index in [9.17, 15) is 19.2 Å². The minimum atomic E-state index is -1.41. The zero-order valence-electron chi connectivity index (χ0n) is 26.8. The zero-order chi connectivity index (χ0) is 32.8. The molecule has 2 aromatic rings. The van der Waals surface area contributed by atoms with Gasteiger partial charge in [0.2, 0.25) is 11.8 Å². The molecule has 0 spiro atoms. The lowest BCUT2D eigenvalue weighted by molar-refractivity contribution is -0.147. The monoisotopic (exact) mass is 621 g/mol. The Morgan fingerprint density at radius 2 is 1.73 bits per heavy atom. The van der Waals surface area contributed by atoms with Crippen LogP contribution in [0, 0.1) is 0 Å². The standard InChI is InChI=1S/C33H43N5O7/c1-31(2,3)45-30(42)36-32(4,5)29(41)35-25(21-44-20-23-12-8-7-9-13-23)28(40)37-16-17-38-27(39)18-26(43-6)33(38,22-37)19-24-14-10-11-15-34-24/h7-15,18,25H,16-17,19-22H2,1-6H3,(H,35,41)(H,36,42)/t25-,33?/m1/s1. The molecular formula is C33H43N5O7. The molecule has 12 heteroatoms. The Kier molecular flexibility index (Phi) is 10.2. The predicted octanol–water partition coefficient (Wildman–Crippen LogP) is 2.58. The number of nitrogens with zero attached hydrogens (tertiary/aromatic N) is 3. The molecule has 4 amide bonds. The van der Waals surface area contributed by atoms with Gasteiger partial charge < -0.3 is 34.6 Å². The fourth-order valence-electron chi connectivity index (χ4n) is 5.47. The predicted molar refractivity (Wildman–Crippen MR) is 166 cm³/mol. The molecule has 2 aliphatic heterocycles. The Labute approximate surface area is 264 Å². The normalized spacial score (nSPS) is 18.9. The fourth-order valence-corrected chi connectivity index (χ4v) is 5.47. The summed E-state index contributed by atoms with van der Waals surface area (Å²) in [6, 6.07) is 13.9. The van der Waals surface area contributed by atoms with Gasteiger partial charge in [-0.15, -0.1) is 0 Å². The third-order valence-corrected chi connectivity index (χ3v) is 7.65. The molecule has 1 aromatic carbocycles. The lowest BCUT2D eigenvalue weighted by Crippen LogP contribution is -2.67. The second-order valence-electron chi connectivity index (χ2n) is 12.8. The molecular weight excluding hydrogens is 578 g/mol. The molecule has 1 saturated heterocycles. The van der Waals surface area contributed by atoms with Crippen LogP contribution in [0.3, 0.4) is 0 Å². The van der Waals surface area contributed by atoms with Gasteiger partial charge in [0.1, 0.15) is 28.5 Å². The summed E-state index contributed by atoms with van der Waals surface area (Å²) in [5.41, 5.74) is -1.50. The van der Waals surface area contributed by atoms with E-state index in [0.29, 0.717) is 12.2 Å². The van der Waals surface area contributed by atoms with E-state index in [1.807, 2.05) is 48.5 Å². The number of hydrogen-bond acceptors (Lipinski definition) is 8. The van der Waals surface area contributed by atoms with Gasteiger partial charge in [0.25, 0.3) is 5.91 Å². The Hall–Kier alpha value is -4.45. The second-order valence-corrected chi connectivity index (χ2v) is 12.8. The van der Waals surface area contributed by atoms with Gasteiger partial charge in [0.05, 0.1) is 26.9 Å². The van der Waals surface area contributed by atoms with Crippen molar-refractivity contribution in [3.8, 4) is 0 Å². The number of rotatable bonds is 11. The van der Waals surface area contributed by atoms with Crippen molar-refractivity contribution in [2.24, 2.45) is 0 Å². The van der Waals surface area contributed by atoms with E-state index in [1.165, 1.54) is 27.0 Å². The molecule has 2 aliphatic rings. The van der Waals surface area contributed by atoms with Gasteiger partial charge in [-0.3, -0.25) is 19.4 Å². The molecule has 4 rings (SSSR count). The average Bonchev–Trinajstić information content (AvgIpc) is 3.26. The topological polar surface area (TPSA) is 139 Å². The van der Waals surface area contributed by atoms with E-state index >= 15 is 0 Å². The number of fused-ring (bicyclic) bond motifs is 1. The first-order valence-corrected chi connectivity index (χ1v) is 14.9. The van der Waals surface area contributed by atoms with Crippen LogP contribution in [0.25, 0.3) is 0 Å². The maximum Gasteiger partial charge on any atom is 0.408 e. The quantitative estimate of drug-likeness (QED) is 0.391. The van der Waals surface area contributed by atoms with Crippen LogP contribution >= 0.6 is 0 Å². The van der Waals surface area contributed by atoms with Crippen LogP contribution in [0.5, 0.6) is 0 Å². The largest absolute Gasteiger partial charge is 0.498 e. The Morgan fingerprint density at radius 1 is 1.02 bits per heavy atom. The van der Waals surface area contributed by atoms with E-state index in [2.05, 4.69) is 15.6 Å². The first-order chi connectivity index (χ1) is 21.2. The summed E-state index contributed by atoms with van der Waals surface area (Å²) >= 11 is 0. The molecule has 1 unspecified atom stereocenters. The smallest absolute Gasteiger partial charge is 0.408 e. The highest BCUT2D eigenvalue weighted by Gasteiger charge is 2.53. The number of amides is 4. The molecule has 3 heterocycles. The molecule has 0 bridgehead atoms. The maximum atomic E-state index is 14.2. The number of piperazine rings is 1. The van der Waals surface area contributed by atoms with Crippen LogP contribution in [0.4, 0.5) is 4.79 Å². The molecule has 12 nitrogen and oxygen atoms in total. The molecule has 45 heavy (non-hydrogen) atoms. The van der Waals surface area contributed by atoms with E-state index < -0.39 is 34.7 Å². The summed E-state index contributed by atoms with van der Waals surface area (Å²) in [5, 5.41) is 5.39. The summed E-state index contributed by atoms with van der Waals surface area (Å²) < 4.78 is 17.0. The van der Waals surface area contributed by atoms with Crippen molar-refractivity contribution in [2.45, 2.75) is 70.4 Å². The van der Waals surface area contributed by atoms with Gasteiger partial charge in [-0.25, -0.2) is 4.79 Å². The third-order valence-electron chi connectivity index (χ3n) is 7.65. The average molecular weight is 622 g/mol. The minimum Gasteiger partial charge on any atom is -0.498 e. The number of aromatic nitrogens is 1. The van der Waals surface area contributed by atoms with E-state index in [1.54, 1.807) is 36.8 Å². The van der Waals surface area contributed by atoms with E-state index in [-0.39, 0.29) is 44.7 Å². The van der Waals surface area contributed by atoms with Gasteiger partial charge in [-0.1, -0.05) is 36.4 Å². The molecule has 1 aromatic heterocycles. The minimum absolute atomic E-state index is 0.123. The number of carbonyl (C=O) groups is 4. The Balaban J connectivity index is 1.56. The van der Waals surface area contributed by atoms with Crippen molar-refractivity contribution in [3.63, 3.8) is 0 Å². The van der Waals surface area contributed by atoms with Crippen molar-refractivity contribution in [2.75, 3.05) is 33.4 Å². The second kappa shape index (κ2) is 13.7. The number of benzene rings is 1. The van der Waals surface area contributed by atoms with Crippen LogP contribution in [-0.4, -0.2) is 94.7 Å². The van der Waals surface area contributed by atoms with Crippen molar-refractivity contribution < 1.29 is 33.4 Å². The number of ether oxygens (including phenoxy) is 3. The van der Waals surface area contributed by atoms with Gasteiger partial charge in [-0.05, 0) is 52.3 Å². The van der Waals surface area contributed by atoms with Crippen molar-refractivity contribution in [3.05, 3.63) is 77.8 Å². The molecule has 2 atom stereocenters. The molecule has 0 radical (unpaired) electrons. The highest BCUT2D eigenvalue weighted by atomic mass is 16.6. The highest BCUT2D eigenvalue weighted by molar-refractivity contribution is 5.95. The van der Waals surface area contributed by atoms with Crippen LogP contribution in [0.15, 0.2) is 66.6 Å². The lowest BCUT2D eigenvalue weighted by atomic mass is 9.87. The van der Waals surface area contributed by atoms with E-state index in [4.69, 9.17) is 14.2 Å². The molecule has 0 saturated carbocycles. The molecule has 2 N–H and O–H groups in total. The summed E-state index contributed by atoms with van der Waals surface area (Å²) in [6.07, 6.45) is 2.71. The van der Waals surface area contributed by atoms with Crippen molar-refractivity contribution >= 4 is 23.8 Å².